The predicted molar refractivity (Wildman–Crippen MR) is 168 cm³/mol. The first kappa shape index (κ1) is 20.9. The fourth-order valence-electron chi connectivity index (χ4n) is 6.75. The maximum absolute atomic E-state index is 3.81. The second-order valence-corrected chi connectivity index (χ2v) is 10.6. The molecule has 0 aliphatic carbocycles. The van der Waals surface area contributed by atoms with Gasteiger partial charge in [-0.3, -0.25) is 0 Å². The highest BCUT2D eigenvalue weighted by molar-refractivity contribution is 6.25. The number of para-hydroxylation sites is 1. The normalized spacial score (nSPS) is 12.1. The summed E-state index contributed by atoms with van der Waals surface area (Å²) in [5.74, 6) is 0. The van der Waals surface area contributed by atoms with Gasteiger partial charge in [-0.1, -0.05) is 127 Å². The van der Waals surface area contributed by atoms with E-state index < -0.39 is 0 Å². The molecular weight excluding hydrogens is 470 g/mol. The SMILES string of the molecule is c1cc(-c2ccc3ccc4cccc5ccc2c3c45)cc(-c2cccc3c2[nH]c2c4ccccc4ccc32)c1. The summed E-state index contributed by atoms with van der Waals surface area (Å²) < 4.78 is 0. The lowest BCUT2D eigenvalue weighted by atomic mass is 9.89. The van der Waals surface area contributed by atoms with Gasteiger partial charge in [0.05, 0.1) is 11.0 Å². The van der Waals surface area contributed by atoms with E-state index in [0.717, 1.165) is 0 Å². The van der Waals surface area contributed by atoms with Crippen molar-refractivity contribution in [2.24, 2.45) is 0 Å². The quantitative estimate of drug-likeness (QED) is 0.231. The Morgan fingerprint density at radius 2 is 0.923 bits per heavy atom. The van der Waals surface area contributed by atoms with Crippen LogP contribution in [0, 0.1) is 0 Å². The molecule has 0 fully saturated rings. The Morgan fingerprint density at radius 1 is 0.333 bits per heavy atom. The standard InChI is InChI=1S/C38H23N/c1-2-11-30-23(6-1)16-21-34-33-13-5-12-31(38(33)39-37(30)34)28-10-4-9-27(22-28)29-19-17-26-15-14-24-7-3-8-25-18-20-32(29)36(26)35(24)25/h1-22,39H. The maximum Gasteiger partial charge on any atom is 0.0544 e. The molecule has 0 saturated carbocycles. The Balaban J connectivity index is 1.28. The third-order valence-corrected chi connectivity index (χ3v) is 8.55. The van der Waals surface area contributed by atoms with Gasteiger partial charge in [0.2, 0.25) is 0 Å². The molecular formula is C38H23N. The maximum atomic E-state index is 3.81. The third-order valence-electron chi connectivity index (χ3n) is 8.55. The molecule has 9 aromatic rings. The number of benzene rings is 8. The molecule has 0 radical (unpaired) electrons. The van der Waals surface area contributed by atoms with Crippen LogP contribution in [0.2, 0.25) is 0 Å². The topological polar surface area (TPSA) is 15.8 Å². The first-order chi connectivity index (χ1) is 19.3. The average Bonchev–Trinajstić information content (AvgIpc) is 3.39. The summed E-state index contributed by atoms with van der Waals surface area (Å²) in [6.45, 7) is 0. The van der Waals surface area contributed by atoms with Crippen molar-refractivity contribution in [3.63, 3.8) is 0 Å². The van der Waals surface area contributed by atoms with Gasteiger partial charge in [0.15, 0.2) is 0 Å². The van der Waals surface area contributed by atoms with Gasteiger partial charge in [-0.15, -0.1) is 0 Å². The van der Waals surface area contributed by atoms with Crippen molar-refractivity contribution >= 4 is 64.9 Å². The molecule has 1 N–H and O–H groups in total. The Kier molecular flexibility index (Phi) is 4.11. The van der Waals surface area contributed by atoms with E-state index in [1.807, 2.05) is 0 Å². The molecule has 0 saturated heterocycles. The van der Waals surface area contributed by atoms with Crippen LogP contribution in [-0.4, -0.2) is 4.98 Å². The van der Waals surface area contributed by atoms with Gasteiger partial charge in [0.1, 0.15) is 0 Å². The monoisotopic (exact) mass is 493 g/mol. The van der Waals surface area contributed by atoms with Crippen LogP contribution in [0.25, 0.3) is 87.1 Å². The van der Waals surface area contributed by atoms with Crippen LogP contribution < -0.4 is 0 Å². The van der Waals surface area contributed by atoms with Crippen LogP contribution in [-0.2, 0) is 0 Å². The summed E-state index contributed by atoms with van der Waals surface area (Å²) in [6, 6.07) is 49.0. The van der Waals surface area contributed by atoms with E-state index in [1.165, 1.54) is 87.1 Å². The van der Waals surface area contributed by atoms with Gasteiger partial charge in [0, 0.05) is 21.7 Å². The summed E-state index contributed by atoms with van der Waals surface area (Å²) in [4.78, 5) is 3.81. The van der Waals surface area contributed by atoms with E-state index in [4.69, 9.17) is 0 Å². The molecule has 180 valence electrons. The van der Waals surface area contributed by atoms with Gasteiger partial charge in [-0.2, -0.15) is 0 Å². The second-order valence-electron chi connectivity index (χ2n) is 10.6. The molecule has 9 rings (SSSR count). The molecule has 1 nitrogen and oxygen atoms in total. The lowest BCUT2D eigenvalue weighted by Gasteiger charge is -2.15. The minimum Gasteiger partial charge on any atom is -0.353 e. The van der Waals surface area contributed by atoms with Gasteiger partial charge in [0.25, 0.3) is 0 Å². The lowest BCUT2D eigenvalue weighted by molar-refractivity contribution is 1.54. The fourth-order valence-corrected chi connectivity index (χ4v) is 6.75. The van der Waals surface area contributed by atoms with E-state index in [0.29, 0.717) is 0 Å². The van der Waals surface area contributed by atoms with Crippen LogP contribution in [0.15, 0.2) is 133 Å². The molecule has 0 aliphatic rings. The first-order valence-corrected chi connectivity index (χ1v) is 13.5. The van der Waals surface area contributed by atoms with E-state index in [1.54, 1.807) is 0 Å². The van der Waals surface area contributed by atoms with Crippen LogP contribution in [0.4, 0.5) is 0 Å². The van der Waals surface area contributed by atoms with Crippen molar-refractivity contribution < 1.29 is 0 Å². The average molecular weight is 494 g/mol. The zero-order valence-electron chi connectivity index (χ0n) is 21.2. The van der Waals surface area contributed by atoms with Crippen LogP contribution in [0.1, 0.15) is 0 Å². The lowest BCUT2D eigenvalue weighted by Crippen LogP contribution is -1.88. The molecule has 0 amide bonds. The van der Waals surface area contributed by atoms with Gasteiger partial charge in [-0.25, -0.2) is 0 Å². The number of aromatic amines is 1. The predicted octanol–water partition coefficient (Wildman–Crippen LogP) is 10.7. The molecule has 39 heavy (non-hydrogen) atoms. The van der Waals surface area contributed by atoms with Crippen molar-refractivity contribution in [1.82, 2.24) is 4.98 Å². The van der Waals surface area contributed by atoms with E-state index in [-0.39, 0.29) is 0 Å². The summed E-state index contributed by atoms with van der Waals surface area (Å²) in [6.07, 6.45) is 0. The van der Waals surface area contributed by atoms with Gasteiger partial charge >= 0.3 is 0 Å². The summed E-state index contributed by atoms with van der Waals surface area (Å²) in [5, 5.41) is 13.0. The number of aromatic nitrogens is 1. The fraction of sp³-hybridized carbons (Fsp3) is 0. The van der Waals surface area contributed by atoms with Crippen LogP contribution >= 0.6 is 0 Å². The molecule has 8 aromatic carbocycles. The van der Waals surface area contributed by atoms with Crippen molar-refractivity contribution in [2.45, 2.75) is 0 Å². The highest BCUT2D eigenvalue weighted by atomic mass is 14.7. The molecule has 0 bridgehead atoms. The van der Waals surface area contributed by atoms with E-state index in [2.05, 4.69) is 138 Å². The molecule has 1 heteroatoms. The molecule has 1 aromatic heterocycles. The van der Waals surface area contributed by atoms with Crippen LogP contribution in [0.3, 0.4) is 0 Å². The number of hydrogen-bond acceptors (Lipinski definition) is 0. The Labute approximate surface area is 225 Å². The van der Waals surface area contributed by atoms with Gasteiger partial charge < -0.3 is 4.98 Å². The smallest absolute Gasteiger partial charge is 0.0544 e. The number of hydrogen-bond donors (Lipinski definition) is 1. The second kappa shape index (κ2) is 7.69. The van der Waals surface area contributed by atoms with Crippen molar-refractivity contribution in [3.8, 4) is 22.3 Å². The zero-order chi connectivity index (χ0) is 25.5. The number of nitrogens with one attached hydrogen (secondary N) is 1. The van der Waals surface area contributed by atoms with Crippen LogP contribution in [0.5, 0.6) is 0 Å². The van der Waals surface area contributed by atoms with Gasteiger partial charge in [-0.05, 0) is 60.5 Å². The zero-order valence-corrected chi connectivity index (χ0v) is 21.2. The minimum atomic E-state index is 1.19. The van der Waals surface area contributed by atoms with E-state index in [9.17, 15) is 0 Å². The third kappa shape index (κ3) is 2.90. The Bertz CT molecular complexity index is 2370. The van der Waals surface area contributed by atoms with Crippen molar-refractivity contribution in [3.05, 3.63) is 133 Å². The summed E-state index contributed by atoms with van der Waals surface area (Å²) in [7, 11) is 0. The molecule has 0 unspecified atom stereocenters. The highest BCUT2D eigenvalue weighted by Gasteiger charge is 2.15. The van der Waals surface area contributed by atoms with E-state index >= 15 is 0 Å². The first-order valence-electron chi connectivity index (χ1n) is 13.5. The largest absolute Gasteiger partial charge is 0.353 e. The number of fused-ring (bicyclic) bond motifs is 5. The number of rotatable bonds is 2. The molecule has 0 spiro atoms. The molecule has 0 aliphatic heterocycles. The number of H-pyrrole nitrogens is 1. The van der Waals surface area contributed by atoms with Crippen molar-refractivity contribution in [2.75, 3.05) is 0 Å². The summed E-state index contributed by atoms with van der Waals surface area (Å²) in [5.41, 5.74) is 7.36. The highest BCUT2D eigenvalue weighted by Crippen LogP contribution is 2.41. The van der Waals surface area contributed by atoms with Crippen molar-refractivity contribution in [1.29, 1.82) is 0 Å². The minimum absolute atomic E-state index is 1.19. The molecule has 1 heterocycles. The Morgan fingerprint density at radius 3 is 1.82 bits per heavy atom. The Hall–Kier alpha value is -5.14. The summed E-state index contributed by atoms with van der Waals surface area (Å²) >= 11 is 0. The molecule has 0 atom stereocenters.